The predicted molar refractivity (Wildman–Crippen MR) is 375 cm³/mol. The number of anilines is 6. The second-order valence-corrected chi connectivity index (χ2v) is 26.5. The van der Waals surface area contributed by atoms with E-state index >= 15 is 0 Å². The zero-order valence-corrected chi connectivity index (χ0v) is 51.1. The average molecular weight is 1130 g/mol. The molecule has 0 aromatic heterocycles. The van der Waals surface area contributed by atoms with Gasteiger partial charge in [-0.3, -0.25) is 0 Å². The first-order valence-electron chi connectivity index (χ1n) is 33.0. The van der Waals surface area contributed by atoms with Crippen molar-refractivity contribution in [3.05, 3.63) is 296 Å². The molecule has 0 N–H and O–H groups in total. The lowest BCUT2D eigenvalue weighted by molar-refractivity contribution is 0.590. The van der Waals surface area contributed by atoms with Crippen LogP contribution >= 0.6 is 0 Å². The van der Waals surface area contributed by atoms with Crippen molar-refractivity contribution in [3.63, 3.8) is 0 Å². The Morgan fingerprint density at radius 1 is 0.287 bits per heavy atom. The third kappa shape index (κ3) is 10.00. The number of rotatable bonds is 9. The van der Waals surface area contributed by atoms with Crippen LogP contribution in [0.3, 0.4) is 0 Å². The van der Waals surface area contributed by atoms with Crippen LogP contribution in [0.25, 0.3) is 77.9 Å². The third-order valence-corrected chi connectivity index (χ3v) is 17.7. The Balaban J connectivity index is 1.25. The van der Waals surface area contributed by atoms with Gasteiger partial charge in [-0.05, 0) is 153 Å². The topological polar surface area (TPSA) is 6.48 Å². The van der Waals surface area contributed by atoms with E-state index in [1.807, 2.05) is 0 Å². The molecule has 0 fully saturated rings. The highest BCUT2D eigenvalue weighted by Crippen LogP contribution is 2.56. The van der Waals surface area contributed by atoms with Gasteiger partial charge in [0.25, 0.3) is 6.71 Å². The number of hydrogen-bond acceptors (Lipinski definition) is 2. The lowest BCUT2D eigenvalue weighted by atomic mass is 9.33. The van der Waals surface area contributed by atoms with Gasteiger partial charge >= 0.3 is 0 Å². The summed E-state index contributed by atoms with van der Waals surface area (Å²) in [6.45, 7) is 20.2. The first-order chi connectivity index (χ1) is 44.2. The van der Waals surface area contributed by atoms with Crippen molar-refractivity contribution in [3.8, 4) is 77.9 Å². The third-order valence-electron chi connectivity index (χ3n) is 17.7. The largest absolute Gasteiger partial charge is 0.310 e. The highest BCUT2D eigenvalue weighted by molar-refractivity contribution is 7.00. The van der Waals surface area contributed by atoms with Gasteiger partial charge < -0.3 is 9.80 Å². The first kappa shape index (κ1) is 49.6. The molecule has 2 heterocycles. The zero-order valence-electron chi connectivity index (χ0n) is 56.1. The van der Waals surface area contributed by atoms with Crippen LogP contribution in [0.15, 0.2) is 279 Å². The normalized spacial score (nSPS) is 13.6. The van der Waals surface area contributed by atoms with E-state index in [0.717, 1.165) is 117 Å². The minimum Gasteiger partial charge on any atom is -0.310 e. The van der Waals surface area contributed by atoms with Gasteiger partial charge in [0.1, 0.15) is 0 Å². The van der Waals surface area contributed by atoms with E-state index in [9.17, 15) is 5.48 Å². The predicted octanol–water partition coefficient (Wildman–Crippen LogP) is 21.3. The van der Waals surface area contributed by atoms with Crippen molar-refractivity contribution in [2.24, 2.45) is 0 Å². The fourth-order valence-corrected chi connectivity index (χ4v) is 13.3. The van der Waals surface area contributed by atoms with Gasteiger partial charge in [0.05, 0.1) is 18.2 Å². The molecule has 422 valence electrons. The van der Waals surface area contributed by atoms with Gasteiger partial charge in [-0.25, -0.2) is 0 Å². The highest BCUT2D eigenvalue weighted by Gasteiger charge is 2.47. The molecule has 0 bridgehead atoms. The van der Waals surface area contributed by atoms with Crippen LogP contribution in [0.4, 0.5) is 34.1 Å². The summed E-state index contributed by atoms with van der Waals surface area (Å²) in [6.07, 6.45) is 0. The quantitative estimate of drug-likeness (QED) is 0.133. The van der Waals surface area contributed by atoms with E-state index < -0.39 is 24.8 Å². The molecular formula is C84H73BN2. The van der Waals surface area contributed by atoms with E-state index in [2.05, 4.69) is 321 Å². The number of benzene rings is 12. The average Bonchev–Trinajstić information content (AvgIpc) is 0.686. The SMILES string of the molecule is [2H]c1c([2H])c([2H])c(-c2cc3c4c(c2)N(c2c(-c5ccccc5)cc(C(C)(C)C)cc2-c2ccccc2)c2cc(C(C)(C)C)c(-c5ccccc5)cc2B4c2cc(-c4ccccc4)ccc2N3c2c(-c3ccccc3)cc(C(C)(C)C)cc2-c2ccccc2)c([2H])c1[2H]. The van der Waals surface area contributed by atoms with Crippen molar-refractivity contribution in [2.45, 2.75) is 78.6 Å². The van der Waals surface area contributed by atoms with E-state index in [-0.39, 0.29) is 33.9 Å². The van der Waals surface area contributed by atoms with Crippen LogP contribution < -0.4 is 26.2 Å². The maximum absolute atomic E-state index is 9.91. The van der Waals surface area contributed by atoms with Gasteiger partial charge in [0.15, 0.2) is 0 Å². The number of nitrogens with zero attached hydrogens (tertiary/aromatic N) is 2. The van der Waals surface area contributed by atoms with Gasteiger partial charge in [-0.1, -0.05) is 293 Å². The Kier molecular flexibility index (Phi) is 12.3. The summed E-state index contributed by atoms with van der Waals surface area (Å²) in [5, 5.41) is 0. The molecule has 2 aliphatic rings. The fourth-order valence-electron chi connectivity index (χ4n) is 13.3. The molecule has 0 saturated carbocycles. The molecule has 0 unspecified atom stereocenters. The summed E-state index contributed by atoms with van der Waals surface area (Å²) < 4.78 is 47.5. The molecule has 12 aromatic carbocycles. The number of hydrogen-bond donors (Lipinski definition) is 0. The van der Waals surface area contributed by atoms with Gasteiger partial charge in [-0.15, -0.1) is 0 Å². The van der Waals surface area contributed by atoms with Crippen LogP contribution in [0.5, 0.6) is 0 Å². The van der Waals surface area contributed by atoms with E-state index in [4.69, 9.17) is 1.37 Å². The Morgan fingerprint density at radius 2 is 0.655 bits per heavy atom. The zero-order chi connectivity index (χ0) is 64.1. The van der Waals surface area contributed by atoms with Gasteiger partial charge in [0, 0.05) is 45.0 Å². The van der Waals surface area contributed by atoms with Crippen LogP contribution in [0.1, 0.15) is 85.9 Å². The molecule has 2 aliphatic heterocycles. The smallest absolute Gasteiger partial charge is 0.252 e. The summed E-state index contributed by atoms with van der Waals surface area (Å²) in [5.41, 5.74) is 24.7. The number of fused-ring (bicyclic) bond motifs is 4. The Hall–Kier alpha value is -9.70. The van der Waals surface area contributed by atoms with Crippen molar-refractivity contribution in [1.29, 1.82) is 0 Å². The molecule has 0 spiro atoms. The summed E-state index contributed by atoms with van der Waals surface area (Å²) in [5.74, 6) is 0. The van der Waals surface area contributed by atoms with Crippen molar-refractivity contribution in [2.75, 3.05) is 9.80 Å². The Bertz CT molecular complexity index is 4690. The monoisotopic (exact) mass is 1130 g/mol. The molecule has 0 aliphatic carbocycles. The summed E-state index contributed by atoms with van der Waals surface area (Å²) in [6, 6.07) is 88.4. The van der Waals surface area contributed by atoms with Crippen molar-refractivity contribution >= 4 is 57.2 Å². The molecule has 0 atom stereocenters. The second-order valence-electron chi connectivity index (χ2n) is 26.5. The minimum atomic E-state index is -0.440. The van der Waals surface area contributed by atoms with Crippen molar-refractivity contribution < 1.29 is 6.85 Å². The van der Waals surface area contributed by atoms with Crippen LogP contribution in [0, 0.1) is 0 Å². The molecule has 3 heteroatoms. The van der Waals surface area contributed by atoms with Crippen LogP contribution in [0.2, 0.25) is 0 Å². The minimum absolute atomic E-state index is 0.126. The van der Waals surface area contributed by atoms with Crippen LogP contribution in [-0.2, 0) is 16.2 Å². The van der Waals surface area contributed by atoms with Gasteiger partial charge in [0.2, 0.25) is 0 Å². The van der Waals surface area contributed by atoms with E-state index in [1.165, 1.54) is 16.7 Å². The Morgan fingerprint density at radius 3 is 1.05 bits per heavy atom. The molecular weight excluding hydrogens is 1050 g/mol. The summed E-state index contributed by atoms with van der Waals surface area (Å²) in [7, 11) is 0. The lowest BCUT2D eigenvalue weighted by Gasteiger charge is -2.47. The molecule has 2 nitrogen and oxygen atoms in total. The Labute approximate surface area is 523 Å². The fraction of sp³-hybridized carbons (Fsp3) is 0.143. The van der Waals surface area contributed by atoms with E-state index in [0.29, 0.717) is 5.56 Å². The van der Waals surface area contributed by atoms with Crippen LogP contribution in [-0.4, -0.2) is 6.71 Å². The molecule has 12 aromatic rings. The highest BCUT2D eigenvalue weighted by atomic mass is 15.2. The maximum Gasteiger partial charge on any atom is 0.252 e. The molecule has 14 rings (SSSR count). The van der Waals surface area contributed by atoms with Crippen molar-refractivity contribution in [1.82, 2.24) is 0 Å². The molecule has 87 heavy (non-hydrogen) atoms. The molecule has 0 radical (unpaired) electrons. The summed E-state index contributed by atoms with van der Waals surface area (Å²) >= 11 is 0. The van der Waals surface area contributed by atoms with Gasteiger partial charge in [-0.2, -0.15) is 0 Å². The van der Waals surface area contributed by atoms with E-state index in [1.54, 1.807) is 0 Å². The first-order valence-corrected chi connectivity index (χ1v) is 30.5. The lowest BCUT2D eigenvalue weighted by Crippen LogP contribution is -2.61. The maximum atomic E-state index is 9.91. The molecule has 0 saturated heterocycles. The standard InChI is InChI=1S/C84H73BN2/c1-82(2,3)65-50-68(59-37-23-13-24-38-59)80(69(51-65)60-39-25-14-26-40-60)86-75-46-45-63(56-31-17-10-18-32-56)47-73(75)85-74-54-67(58-35-21-12-22-36-58)72(84(7,8)9)55-76(74)87(78-49-64(48-77(86)79(78)85)57-33-19-11-20-34-57)81-70(61-41-27-15-28-42-61)52-66(83(4,5)6)53-71(81)62-43-29-16-30-44-62/h10-55H,1-9H3/i11D,19D,20D,33D,34D. The molecule has 0 amide bonds. The second kappa shape index (κ2) is 21.7. The summed E-state index contributed by atoms with van der Waals surface area (Å²) in [4.78, 5) is 4.98.